The molecule has 0 amide bonds. The number of hydrogen-bond donors (Lipinski definition) is 1. The second-order valence-corrected chi connectivity index (χ2v) is 5.84. The molecule has 18 heavy (non-hydrogen) atoms. The summed E-state index contributed by atoms with van der Waals surface area (Å²) in [5.41, 5.74) is 0. The van der Waals surface area contributed by atoms with E-state index in [9.17, 15) is 0 Å². The zero-order valence-electron chi connectivity index (χ0n) is 12.0. The Morgan fingerprint density at radius 3 is 2.94 bits per heavy atom. The van der Waals surface area contributed by atoms with Gasteiger partial charge in [-0.25, -0.2) is 0 Å². The van der Waals surface area contributed by atoms with Crippen LogP contribution in [-0.2, 0) is 4.74 Å². The van der Waals surface area contributed by atoms with Crippen LogP contribution in [0.2, 0.25) is 0 Å². The van der Waals surface area contributed by atoms with Crippen molar-refractivity contribution in [2.24, 2.45) is 0 Å². The Balaban J connectivity index is 1.59. The van der Waals surface area contributed by atoms with Crippen molar-refractivity contribution in [1.29, 1.82) is 0 Å². The van der Waals surface area contributed by atoms with Crippen LogP contribution in [0, 0.1) is 0 Å². The van der Waals surface area contributed by atoms with Gasteiger partial charge in [0.1, 0.15) is 0 Å². The lowest BCUT2D eigenvalue weighted by molar-refractivity contribution is 0.108. The Bertz CT molecular complexity index is 231. The number of likely N-dealkylation sites (N-methyl/N-ethyl adjacent to an activating group) is 1. The van der Waals surface area contributed by atoms with Crippen molar-refractivity contribution in [3.63, 3.8) is 0 Å². The first-order valence-corrected chi connectivity index (χ1v) is 7.50. The van der Waals surface area contributed by atoms with E-state index in [1.54, 1.807) is 0 Å². The SMILES string of the molecule is CC1CN(C)CCCN1CCNCC1CCCO1. The molecule has 0 aliphatic carbocycles. The van der Waals surface area contributed by atoms with Gasteiger partial charge in [0.05, 0.1) is 6.10 Å². The van der Waals surface area contributed by atoms with E-state index in [-0.39, 0.29) is 0 Å². The minimum absolute atomic E-state index is 0.470. The molecular weight excluding hydrogens is 226 g/mol. The van der Waals surface area contributed by atoms with E-state index in [2.05, 4.69) is 29.1 Å². The van der Waals surface area contributed by atoms with Crippen LogP contribution in [0.25, 0.3) is 0 Å². The molecule has 2 fully saturated rings. The normalized spacial score (nSPS) is 31.7. The summed E-state index contributed by atoms with van der Waals surface area (Å²) in [6.07, 6.45) is 4.24. The van der Waals surface area contributed by atoms with Crippen molar-refractivity contribution in [1.82, 2.24) is 15.1 Å². The van der Waals surface area contributed by atoms with E-state index in [1.165, 1.54) is 45.4 Å². The molecule has 2 rings (SSSR count). The van der Waals surface area contributed by atoms with E-state index in [1.807, 2.05) is 0 Å². The smallest absolute Gasteiger partial charge is 0.0700 e. The van der Waals surface area contributed by atoms with Crippen LogP contribution < -0.4 is 5.32 Å². The van der Waals surface area contributed by atoms with Gasteiger partial charge in [0, 0.05) is 38.8 Å². The lowest BCUT2D eigenvalue weighted by atomic mass is 10.2. The van der Waals surface area contributed by atoms with E-state index < -0.39 is 0 Å². The van der Waals surface area contributed by atoms with E-state index in [0.29, 0.717) is 12.1 Å². The Hall–Kier alpha value is -0.160. The maximum Gasteiger partial charge on any atom is 0.0700 e. The van der Waals surface area contributed by atoms with Gasteiger partial charge in [-0.15, -0.1) is 0 Å². The summed E-state index contributed by atoms with van der Waals surface area (Å²) < 4.78 is 5.62. The maximum atomic E-state index is 5.62. The van der Waals surface area contributed by atoms with Crippen LogP contribution in [0.4, 0.5) is 0 Å². The topological polar surface area (TPSA) is 27.7 Å². The van der Waals surface area contributed by atoms with E-state index in [4.69, 9.17) is 4.74 Å². The predicted octanol–water partition coefficient (Wildman–Crippen LogP) is 0.781. The van der Waals surface area contributed by atoms with E-state index >= 15 is 0 Å². The molecule has 2 heterocycles. The third kappa shape index (κ3) is 4.50. The molecule has 1 N–H and O–H groups in total. The van der Waals surface area contributed by atoms with Crippen molar-refractivity contribution < 1.29 is 4.74 Å². The molecule has 0 bridgehead atoms. The van der Waals surface area contributed by atoms with Gasteiger partial charge in [-0.3, -0.25) is 4.90 Å². The Kier molecular flexibility index (Phi) is 5.89. The fourth-order valence-electron chi connectivity index (χ4n) is 3.05. The molecule has 0 aromatic rings. The zero-order valence-corrected chi connectivity index (χ0v) is 12.0. The molecule has 0 aromatic carbocycles. The summed E-state index contributed by atoms with van der Waals surface area (Å²) in [5, 5.41) is 3.55. The standard InChI is InChI=1S/C14H29N3O/c1-13-12-16(2)7-4-8-17(13)9-6-15-11-14-5-3-10-18-14/h13-15H,3-12H2,1-2H3. The van der Waals surface area contributed by atoms with Crippen LogP contribution >= 0.6 is 0 Å². The summed E-state index contributed by atoms with van der Waals surface area (Å²) >= 11 is 0. The lowest BCUT2D eigenvalue weighted by Crippen LogP contribution is -2.42. The molecule has 0 saturated carbocycles. The Labute approximate surface area is 112 Å². The van der Waals surface area contributed by atoms with Crippen molar-refractivity contribution >= 4 is 0 Å². The van der Waals surface area contributed by atoms with Crippen LogP contribution in [-0.4, -0.2) is 74.9 Å². The van der Waals surface area contributed by atoms with Gasteiger partial charge in [0.2, 0.25) is 0 Å². The number of ether oxygens (including phenoxy) is 1. The number of nitrogens with one attached hydrogen (secondary N) is 1. The summed E-state index contributed by atoms with van der Waals surface area (Å²) in [4.78, 5) is 5.07. The molecule has 0 radical (unpaired) electrons. The molecule has 0 aromatic heterocycles. The van der Waals surface area contributed by atoms with Crippen molar-refractivity contribution in [2.75, 3.05) is 52.9 Å². The molecule has 2 saturated heterocycles. The molecule has 2 unspecified atom stereocenters. The van der Waals surface area contributed by atoms with Gasteiger partial charge >= 0.3 is 0 Å². The van der Waals surface area contributed by atoms with Crippen molar-refractivity contribution in [2.45, 2.75) is 38.3 Å². The number of rotatable bonds is 5. The highest BCUT2D eigenvalue weighted by molar-refractivity contribution is 4.76. The molecular formula is C14H29N3O. The third-order valence-electron chi connectivity index (χ3n) is 4.16. The van der Waals surface area contributed by atoms with Gasteiger partial charge in [0.15, 0.2) is 0 Å². The third-order valence-corrected chi connectivity index (χ3v) is 4.16. The van der Waals surface area contributed by atoms with Gasteiger partial charge in [-0.1, -0.05) is 0 Å². The summed E-state index contributed by atoms with van der Waals surface area (Å²) in [6, 6.07) is 0.682. The summed E-state index contributed by atoms with van der Waals surface area (Å²) in [6.45, 7) is 10.3. The van der Waals surface area contributed by atoms with Crippen LogP contribution in [0.15, 0.2) is 0 Å². The Morgan fingerprint density at radius 1 is 1.28 bits per heavy atom. The highest BCUT2D eigenvalue weighted by Crippen LogP contribution is 2.10. The first-order valence-electron chi connectivity index (χ1n) is 7.50. The highest BCUT2D eigenvalue weighted by Gasteiger charge is 2.19. The molecule has 106 valence electrons. The summed E-state index contributed by atoms with van der Waals surface area (Å²) in [7, 11) is 2.23. The van der Waals surface area contributed by atoms with Crippen LogP contribution in [0.1, 0.15) is 26.2 Å². The Morgan fingerprint density at radius 2 is 2.17 bits per heavy atom. The molecule has 2 atom stereocenters. The highest BCUT2D eigenvalue weighted by atomic mass is 16.5. The fourth-order valence-corrected chi connectivity index (χ4v) is 3.05. The van der Waals surface area contributed by atoms with Crippen molar-refractivity contribution in [3.8, 4) is 0 Å². The average molecular weight is 255 g/mol. The number of nitrogens with zero attached hydrogens (tertiary/aromatic N) is 2. The molecule has 2 aliphatic rings. The second-order valence-electron chi connectivity index (χ2n) is 5.84. The first kappa shape index (κ1) is 14.3. The quantitative estimate of drug-likeness (QED) is 0.735. The van der Waals surface area contributed by atoms with Crippen LogP contribution in [0.5, 0.6) is 0 Å². The van der Waals surface area contributed by atoms with Gasteiger partial charge < -0.3 is 15.0 Å². The molecule has 0 spiro atoms. The largest absolute Gasteiger partial charge is 0.377 e. The molecule has 4 nitrogen and oxygen atoms in total. The number of hydrogen-bond acceptors (Lipinski definition) is 4. The minimum Gasteiger partial charge on any atom is -0.377 e. The van der Waals surface area contributed by atoms with Gasteiger partial charge in [-0.2, -0.15) is 0 Å². The zero-order chi connectivity index (χ0) is 12.8. The summed E-state index contributed by atoms with van der Waals surface area (Å²) in [5.74, 6) is 0. The monoisotopic (exact) mass is 255 g/mol. The predicted molar refractivity (Wildman–Crippen MR) is 75.0 cm³/mol. The average Bonchev–Trinajstić information content (AvgIpc) is 2.79. The van der Waals surface area contributed by atoms with Crippen LogP contribution in [0.3, 0.4) is 0 Å². The fraction of sp³-hybridized carbons (Fsp3) is 1.00. The van der Waals surface area contributed by atoms with Gasteiger partial charge in [-0.05, 0) is 46.3 Å². The second kappa shape index (κ2) is 7.43. The molecule has 4 heteroatoms. The first-order chi connectivity index (χ1) is 8.75. The maximum absolute atomic E-state index is 5.62. The van der Waals surface area contributed by atoms with Gasteiger partial charge in [0.25, 0.3) is 0 Å². The minimum atomic E-state index is 0.470. The van der Waals surface area contributed by atoms with Crippen molar-refractivity contribution in [3.05, 3.63) is 0 Å². The van der Waals surface area contributed by atoms with E-state index in [0.717, 1.165) is 19.7 Å². The lowest BCUT2D eigenvalue weighted by Gasteiger charge is -2.28. The molecule has 2 aliphatic heterocycles.